The normalized spacial score (nSPS) is 11.7. The van der Waals surface area contributed by atoms with Gasteiger partial charge in [-0.15, -0.1) is 0 Å². The molecule has 0 unspecified atom stereocenters. The van der Waals surface area contributed by atoms with Crippen molar-refractivity contribution in [3.63, 3.8) is 0 Å². The van der Waals surface area contributed by atoms with Crippen LogP contribution in [0.4, 0.5) is 0 Å². The van der Waals surface area contributed by atoms with Gasteiger partial charge in [0.15, 0.2) is 0 Å². The minimum absolute atomic E-state index is 1.21. The van der Waals surface area contributed by atoms with Crippen LogP contribution in [0.5, 0.6) is 0 Å². The molecule has 0 aliphatic heterocycles. The van der Waals surface area contributed by atoms with Gasteiger partial charge >= 0.3 is 0 Å². The topological polar surface area (TPSA) is 14.8 Å². The zero-order valence-electron chi connectivity index (χ0n) is 70.6. The second-order valence-corrected chi connectivity index (χ2v) is 34.2. The average Bonchev–Trinajstić information content (AvgIpc) is 1.57. The van der Waals surface area contributed by atoms with Crippen LogP contribution in [-0.2, 0) is 0 Å². The number of fused-ring (bicyclic) bond motifs is 21. The SMILES string of the molecule is c1ccc(-c2ccc3cc(-c4ccc5c(ccc6c5c5ccccc5n6-c5cccc6ccccc56)c4)ccc3c2)cc1.c1ccc(-c2ccc3ccc(-c4ccc5c(ccc6c5c5ccccc5n6-c5cccc6ccccc56)c4)cc3c2)cc1.c1ccc(-c2ccc3ccc(-c4ccc5ccc6c(c5c4)c4ccccc4n6-c4cccc5ccccc45)cc3c2)cc1. The third-order valence-corrected chi connectivity index (χ3v) is 26.8. The predicted molar refractivity (Wildman–Crippen MR) is 553 cm³/mol. The highest BCUT2D eigenvalue weighted by Gasteiger charge is 2.22. The van der Waals surface area contributed by atoms with Crippen molar-refractivity contribution in [1.82, 2.24) is 13.7 Å². The first kappa shape index (κ1) is 74.6. The Hall–Kier alpha value is -17.0. The van der Waals surface area contributed by atoms with Crippen LogP contribution in [0.1, 0.15) is 0 Å². The minimum Gasteiger partial charge on any atom is -0.309 e. The second-order valence-electron chi connectivity index (χ2n) is 34.2. The van der Waals surface area contributed by atoms with Gasteiger partial charge in [-0.2, -0.15) is 0 Å². The van der Waals surface area contributed by atoms with Crippen LogP contribution in [0.2, 0.25) is 0 Å². The van der Waals surface area contributed by atoms with Gasteiger partial charge < -0.3 is 13.7 Å². The maximum Gasteiger partial charge on any atom is 0.0547 e. The van der Waals surface area contributed by atoms with Gasteiger partial charge in [0.25, 0.3) is 0 Å². The third kappa shape index (κ3) is 13.0. The van der Waals surface area contributed by atoms with Crippen molar-refractivity contribution in [3.05, 3.63) is 491 Å². The summed E-state index contributed by atoms with van der Waals surface area (Å²) >= 11 is 0. The molecule has 27 rings (SSSR count). The lowest BCUT2D eigenvalue weighted by Crippen LogP contribution is -1.95. The fourth-order valence-electron chi connectivity index (χ4n) is 20.6. The lowest BCUT2D eigenvalue weighted by Gasteiger charge is -2.12. The van der Waals surface area contributed by atoms with Crippen LogP contribution in [0.25, 0.3) is 246 Å². The molecule has 0 bridgehead atoms. The Morgan fingerprint density at radius 2 is 0.333 bits per heavy atom. The van der Waals surface area contributed by atoms with Crippen LogP contribution in [0.3, 0.4) is 0 Å². The molecule has 3 nitrogen and oxygen atoms in total. The Morgan fingerprint density at radius 3 is 0.690 bits per heavy atom. The molecule has 27 aromatic rings. The fourth-order valence-corrected chi connectivity index (χ4v) is 20.6. The Morgan fingerprint density at radius 1 is 0.101 bits per heavy atom. The molecule has 0 radical (unpaired) electrons. The van der Waals surface area contributed by atoms with Crippen molar-refractivity contribution in [1.29, 1.82) is 0 Å². The highest BCUT2D eigenvalue weighted by molar-refractivity contribution is 6.25. The van der Waals surface area contributed by atoms with E-state index < -0.39 is 0 Å². The summed E-state index contributed by atoms with van der Waals surface area (Å²) in [5.74, 6) is 0. The van der Waals surface area contributed by atoms with Gasteiger partial charge in [0.05, 0.1) is 50.2 Å². The zero-order valence-corrected chi connectivity index (χ0v) is 70.6. The van der Waals surface area contributed by atoms with E-state index in [1.165, 1.54) is 246 Å². The number of para-hydroxylation sites is 3. The Bertz CT molecular complexity index is 9170. The van der Waals surface area contributed by atoms with E-state index in [-0.39, 0.29) is 0 Å². The van der Waals surface area contributed by atoms with Crippen molar-refractivity contribution in [2.75, 3.05) is 0 Å². The molecule has 0 atom stereocenters. The molecule has 129 heavy (non-hydrogen) atoms. The lowest BCUT2D eigenvalue weighted by molar-refractivity contribution is 1.20. The highest BCUT2D eigenvalue weighted by atomic mass is 15.0. The van der Waals surface area contributed by atoms with Gasteiger partial charge in [0, 0.05) is 48.5 Å². The molecule has 0 aliphatic rings. The van der Waals surface area contributed by atoms with Crippen molar-refractivity contribution < 1.29 is 0 Å². The molecule has 0 fully saturated rings. The van der Waals surface area contributed by atoms with Crippen LogP contribution in [0, 0.1) is 0 Å². The van der Waals surface area contributed by atoms with E-state index in [1.807, 2.05) is 0 Å². The van der Waals surface area contributed by atoms with Crippen molar-refractivity contribution in [3.8, 4) is 83.8 Å². The molecule has 3 heterocycles. The minimum atomic E-state index is 1.21. The number of aromatic nitrogens is 3. The van der Waals surface area contributed by atoms with E-state index >= 15 is 0 Å². The molecule has 0 spiro atoms. The Kier molecular flexibility index (Phi) is 18.0. The number of benzene rings is 24. The predicted octanol–water partition coefficient (Wildman–Crippen LogP) is 34.7. The number of hydrogen-bond acceptors (Lipinski definition) is 0. The first-order valence-corrected chi connectivity index (χ1v) is 44.6. The van der Waals surface area contributed by atoms with Gasteiger partial charge in [-0.25, -0.2) is 0 Å². The lowest BCUT2D eigenvalue weighted by atomic mass is 9.95. The zero-order chi connectivity index (χ0) is 85.0. The first-order valence-electron chi connectivity index (χ1n) is 44.6. The number of rotatable bonds is 9. The summed E-state index contributed by atoms with van der Waals surface area (Å²) in [5.41, 5.74) is 25.9. The summed E-state index contributed by atoms with van der Waals surface area (Å²) < 4.78 is 7.32. The Balaban J connectivity index is 0.000000105. The van der Waals surface area contributed by atoms with Crippen LogP contribution in [0.15, 0.2) is 491 Å². The molecule has 0 aliphatic carbocycles. The van der Waals surface area contributed by atoms with Gasteiger partial charge in [0.2, 0.25) is 0 Å². The highest BCUT2D eigenvalue weighted by Crippen LogP contribution is 2.46. The molecule has 24 aromatic carbocycles. The fraction of sp³-hybridized carbons (Fsp3) is 0. The van der Waals surface area contributed by atoms with E-state index in [0.29, 0.717) is 0 Å². The molecule has 3 heteroatoms. The van der Waals surface area contributed by atoms with Crippen LogP contribution in [-0.4, -0.2) is 13.7 Å². The molecule has 3 aromatic heterocycles. The third-order valence-electron chi connectivity index (χ3n) is 26.8. The van der Waals surface area contributed by atoms with E-state index in [9.17, 15) is 0 Å². The first-order chi connectivity index (χ1) is 63.9. The molecule has 0 saturated carbocycles. The van der Waals surface area contributed by atoms with E-state index in [4.69, 9.17) is 0 Å². The maximum atomic E-state index is 2.44. The van der Waals surface area contributed by atoms with Gasteiger partial charge in [0.1, 0.15) is 0 Å². The standard InChI is InChI=1S/3C42H27N/c1-2-9-28(10-3-1)32-20-17-29-18-21-33(26-35(29)25-32)34-22-19-31-23-24-41-42(38(31)27-34)37-14-6-7-15-40(37)43(41)39-16-8-12-30-11-4-5-13-36(30)39;1-2-9-28(10-3-1)31-19-17-29-18-20-32(27-35(29)26-31)33-21-23-37-34(25-33)22-24-41-42(37)38-14-6-7-15-40(38)43(41)39-16-8-12-30-11-4-5-13-36(30)39;1-2-9-28(10-3-1)30-17-18-32-26-33(20-19-31(32)25-30)34-21-23-37-35(27-34)22-24-41-42(37)38-14-6-7-15-40(38)43(41)39-16-8-12-29-11-4-5-13-36(29)39/h3*1-27H. The van der Waals surface area contributed by atoms with Crippen LogP contribution >= 0.6 is 0 Å². The second kappa shape index (κ2) is 31.1. The van der Waals surface area contributed by atoms with Crippen molar-refractivity contribution in [2.24, 2.45) is 0 Å². The van der Waals surface area contributed by atoms with Gasteiger partial charge in [-0.3, -0.25) is 0 Å². The summed E-state index contributed by atoms with van der Waals surface area (Å²) in [6.07, 6.45) is 0. The van der Waals surface area contributed by atoms with Gasteiger partial charge in [-0.1, -0.05) is 382 Å². The van der Waals surface area contributed by atoms with Crippen molar-refractivity contribution >= 4 is 162 Å². The quantitative estimate of drug-likeness (QED) is 0.137. The Labute approximate surface area is 746 Å². The number of nitrogens with zero attached hydrogens (tertiary/aromatic N) is 3. The summed E-state index contributed by atoms with van der Waals surface area (Å²) in [7, 11) is 0. The molecular weight excluding hydrogens is 1560 g/mol. The molecule has 0 N–H and O–H groups in total. The summed E-state index contributed by atoms with van der Waals surface area (Å²) in [6, 6.07) is 179. The maximum absolute atomic E-state index is 2.44. The molecule has 0 amide bonds. The van der Waals surface area contributed by atoms with E-state index in [0.717, 1.165) is 0 Å². The largest absolute Gasteiger partial charge is 0.309 e. The van der Waals surface area contributed by atoms with E-state index in [2.05, 4.69) is 505 Å². The summed E-state index contributed by atoms with van der Waals surface area (Å²) in [6.45, 7) is 0. The van der Waals surface area contributed by atoms with Crippen molar-refractivity contribution in [2.45, 2.75) is 0 Å². The summed E-state index contributed by atoms with van der Waals surface area (Å²) in [4.78, 5) is 0. The van der Waals surface area contributed by atoms with Gasteiger partial charge in [-0.05, 0) is 257 Å². The smallest absolute Gasteiger partial charge is 0.0547 e. The van der Waals surface area contributed by atoms with E-state index in [1.54, 1.807) is 0 Å². The molecule has 0 saturated heterocycles. The monoisotopic (exact) mass is 1640 g/mol. The number of hydrogen-bond donors (Lipinski definition) is 0. The van der Waals surface area contributed by atoms with Crippen LogP contribution < -0.4 is 0 Å². The molecular formula is C126H81N3. The average molecular weight is 1640 g/mol. The summed E-state index contributed by atoms with van der Waals surface area (Å²) in [5, 5.41) is 30.4. The molecule has 600 valence electrons.